The second-order valence-electron chi connectivity index (χ2n) is 5.83. The number of ether oxygens (including phenoxy) is 1. The lowest BCUT2D eigenvalue weighted by molar-refractivity contribution is -0.132. The molecule has 0 bridgehead atoms. The lowest BCUT2D eigenvalue weighted by atomic mass is 10.2. The first kappa shape index (κ1) is 16.8. The number of carbonyl (C=O) groups excluding carboxylic acids is 1. The molecule has 1 amide bonds. The van der Waals surface area contributed by atoms with Crippen LogP contribution in [0.5, 0.6) is 5.75 Å². The Hall–Kier alpha value is -1.60. The topological polar surface area (TPSA) is 89.7 Å². The Balaban J connectivity index is 1.78. The molecule has 1 aromatic carbocycles. The fourth-order valence-corrected chi connectivity index (χ4v) is 2.77. The minimum Gasteiger partial charge on any atom is -0.493 e. The number of benzene rings is 1. The maximum absolute atomic E-state index is 11.9. The SMILES string of the molecule is CN(CCCOc1cccc(S(C)(=O)=O)c1)C(=O)C1(N)CC1. The summed E-state index contributed by atoms with van der Waals surface area (Å²) in [5, 5.41) is 0. The maximum Gasteiger partial charge on any atom is 0.242 e. The molecule has 122 valence electrons. The summed E-state index contributed by atoms with van der Waals surface area (Å²) in [4.78, 5) is 13.8. The van der Waals surface area contributed by atoms with Gasteiger partial charge in [0.1, 0.15) is 5.75 Å². The molecular formula is C15H22N2O4S. The van der Waals surface area contributed by atoms with Crippen molar-refractivity contribution in [3.63, 3.8) is 0 Å². The molecule has 0 spiro atoms. The van der Waals surface area contributed by atoms with Gasteiger partial charge in [-0.05, 0) is 37.5 Å². The molecule has 6 nitrogen and oxygen atoms in total. The first-order valence-corrected chi connectivity index (χ1v) is 9.09. The molecule has 7 heteroatoms. The van der Waals surface area contributed by atoms with Crippen LogP contribution in [0.15, 0.2) is 29.2 Å². The predicted molar refractivity (Wildman–Crippen MR) is 83.5 cm³/mol. The van der Waals surface area contributed by atoms with E-state index in [1.165, 1.54) is 12.1 Å². The van der Waals surface area contributed by atoms with Gasteiger partial charge in [0.15, 0.2) is 9.84 Å². The molecule has 0 radical (unpaired) electrons. The molecule has 22 heavy (non-hydrogen) atoms. The molecule has 2 rings (SSSR count). The van der Waals surface area contributed by atoms with Crippen molar-refractivity contribution in [2.75, 3.05) is 26.5 Å². The van der Waals surface area contributed by atoms with Gasteiger partial charge in [-0.15, -0.1) is 0 Å². The minimum atomic E-state index is -3.24. The zero-order valence-electron chi connectivity index (χ0n) is 12.9. The van der Waals surface area contributed by atoms with E-state index in [9.17, 15) is 13.2 Å². The third-order valence-electron chi connectivity index (χ3n) is 3.70. The Morgan fingerprint density at radius 3 is 2.68 bits per heavy atom. The molecule has 0 atom stereocenters. The van der Waals surface area contributed by atoms with Gasteiger partial charge in [-0.1, -0.05) is 6.07 Å². The van der Waals surface area contributed by atoms with Crippen LogP contribution in [-0.2, 0) is 14.6 Å². The first-order chi connectivity index (χ1) is 10.2. The van der Waals surface area contributed by atoms with Gasteiger partial charge in [0.2, 0.25) is 5.91 Å². The highest BCUT2D eigenvalue weighted by atomic mass is 32.2. The fourth-order valence-electron chi connectivity index (χ4n) is 2.12. The average molecular weight is 326 g/mol. The van der Waals surface area contributed by atoms with Crippen molar-refractivity contribution >= 4 is 15.7 Å². The summed E-state index contributed by atoms with van der Waals surface area (Å²) in [6.07, 6.45) is 3.32. The Bertz CT molecular complexity index is 653. The van der Waals surface area contributed by atoms with Gasteiger partial charge in [-0.2, -0.15) is 0 Å². The summed E-state index contributed by atoms with van der Waals surface area (Å²) in [6, 6.07) is 6.39. The van der Waals surface area contributed by atoms with E-state index in [0.717, 1.165) is 19.1 Å². The van der Waals surface area contributed by atoms with Crippen molar-refractivity contribution < 1.29 is 17.9 Å². The quantitative estimate of drug-likeness (QED) is 0.749. The van der Waals surface area contributed by atoms with Gasteiger partial charge in [0.05, 0.1) is 17.0 Å². The summed E-state index contributed by atoms with van der Waals surface area (Å²) >= 11 is 0. The van der Waals surface area contributed by atoms with Crippen LogP contribution in [0.4, 0.5) is 0 Å². The summed E-state index contributed by atoms with van der Waals surface area (Å²) in [5.41, 5.74) is 5.22. The monoisotopic (exact) mass is 326 g/mol. The zero-order valence-corrected chi connectivity index (χ0v) is 13.7. The average Bonchev–Trinajstić information content (AvgIpc) is 3.21. The number of rotatable bonds is 7. The van der Waals surface area contributed by atoms with Crippen molar-refractivity contribution in [3.8, 4) is 5.75 Å². The van der Waals surface area contributed by atoms with E-state index in [0.29, 0.717) is 25.3 Å². The highest BCUT2D eigenvalue weighted by molar-refractivity contribution is 7.90. The number of likely N-dealkylation sites (N-methyl/N-ethyl adjacent to an activating group) is 1. The number of amides is 1. The second-order valence-corrected chi connectivity index (χ2v) is 7.85. The minimum absolute atomic E-state index is 0.0217. The number of hydrogen-bond donors (Lipinski definition) is 1. The summed E-state index contributed by atoms with van der Waals surface area (Å²) < 4.78 is 28.5. The van der Waals surface area contributed by atoms with E-state index in [1.807, 2.05) is 0 Å². The number of nitrogens with zero attached hydrogens (tertiary/aromatic N) is 1. The fraction of sp³-hybridized carbons (Fsp3) is 0.533. The third-order valence-corrected chi connectivity index (χ3v) is 4.81. The third kappa shape index (κ3) is 4.20. The molecule has 1 saturated carbocycles. The normalized spacial score (nSPS) is 16.1. The Labute approximate surface area is 131 Å². The van der Waals surface area contributed by atoms with E-state index in [4.69, 9.17) is 10.5 Å². The van der Waals surface area contributed by atoms with E-state index < -0.39 is 15.4 Å². The van der Waals surface area contributed by atoms with Crippen LogP contribution in [0.2, 0.25) is 0 Å². The highest BCUT2D eigenvalue weighted by Gasteiger charge is 2.47. The number of carbonyl (C=O) groups is 1. The van der Waals surface area contributed by atoms with E-state index in [2.05, 4.69) is 0 Å². The molecule has 0 unspecified atom stereocenters. The Morgan fingerprint density at radius 2 is 2.09 bits per heavy atom. The van der Waals surface area contributed by atoms with Crippen LogP contribution in [-0.4, -0.2) is 51.2 Å². The Kier molecular flexibility index (Phi) is 4.77. The molecule has 1 aliphatic carbocycles. The molecule has 0 heterocycles. The van der Waals surface area contributed by atoms with Gasteiger partial charge >= 0.3 is 0 Å². The second kappa shape index (κ2) is 6.26. The summed E-state index contributed by atoms with van der Waals surface area (Å²) in [5.74, 6) is 0.487. The molecule has 1 aromatic rings. The van der Waals surface area contributed by atoms with Crippen molar-refractivity contribution in [1.29, 1.82) is 0 Å². The van der Waals surface area contributed by atoms with Crippen LogP contribution in [0, 0.1) is 0 Å². The highest BCUT2D eigenvalue weighted by Crippen LogP contribution is 2.33. The molecule has 1 aliphatic rings. The van der Waals surface area contributed by atoms with Crippen LogP contribution in [0.25, 0.3) is 0 Å². The molecule has 0 saturated heterocycles. The molecule has 0 aliphatic heterocycles. The summed E-state index contributed by atoms with van der Waals surface area (Å²) in [7, 11) is -1.50. The predicted octanol–water partition coefficient (Wildman–Crippen LogP) is 0.809. The molecule has 1 fully saturated rings. The van der Waals surface area contributed by atoms with Gasteiger partial charge in [-0.3, -0.25) is 4.79 Å². The van der Waals surface area contributed by atoms with E-state index in [1.54, 1.807) is 24.1 Å². The zero-order chi connectivity index (χ0) is 16.4. The maximum atomic E-state index is 11.9. The van der Waals surface area contributed by atoms with Crippen molar-refractivity contribution in [3.05, 3.63) is 24.3 Å². The van der Waals surface area contributed by atoms with Gasteiger partial charge < -0.3 is 15.4 Å². The lowest BCUT2D eigenvalue weighted by Gasteiger charge is -2.20. The number of nitrogens with two attached hydrogens (primary N) is 1. The first-order valence-electron chi connectivity index (χ1n) is 7.20. The Morgan fingerprint density at radius 1 is 1.41 bits per heavy atom. The standard InChI is InChI=1S/C15H22N2O4S/c1-17(14(18)15(16)7-8-15)9-4-10-21-12-5-3-6-13(11-12)22(2,19)20/h3,5-6,11H,4,7-10,16H2,1-2H3. The van der Waals surface area contributed by atoms with Crippen LogP contribution < -0.4 is 10.5 Å². The largest absolute Gasteiger partial charge is 0.493 e. The van der Waals surface area contributed by atoms with Crippen LogP contribution in [0.1, 0.15) is 19.3 Å². The van der Waals surface area contributed by atoms with Crippen LogP contribution in [0.3, 0.4) is 0 Å². The van der Waals surface area contributed by atoms with Crippen molar-refractivity contribution in [2.45, 2.75) is 29.7 Å². The molecule has 2 N–H and O–H groups in total. The molecular weight excluding hydrogens is 304 g/mol. The van der Waals surface area contributed by atoms with Gasteiger partial charge in [0.25, 0.3) is 0 Å². The van der Waals surface area contributed by atoms with Crippen molar-refractivity contribution in [2.24, 2.45) is 5.73 Å². The number of sulfone groups is 1. The molecule has 0 aromatic heterocycles. The van der Waals surface area contributed by atoms with Gasteiger partial charge in [-0.25, -0.2) is 8.42 Å². The van der Waals surface area contributed by atoms with Crippen LogP contribution >= 0.6 is 0 Å². The number of hydrogen-bond acceptors (Lipinski definition) is 5. The van der Waals surface area contributed by atoms with E-state index in [-0.39, 0.29) is 10.8 Å². The lowest BCUT2D eigenvalue weighted by Crippen LogP contribution is -2.44. The van der Waals surface area contributed by atoms with E-state index >= 15 is 0 Å². The van der Waals surface area contributed by atoms with Gasteiger partial charge in [0, 0.05) is 19.8 Å². The van der Waals surface area contributed by atoms with Crippen molar-refractivity contribution in [1.82, 2.24) is 4.90 Å². The summed E-state index contributed by atoms with van der Waals surface area (Å²) in [6.45, 7) is 0.964. The smallest absolute Gasteiger partial charge is 0.242 e.